The van der Waals surface area contributed by atoms with Crippen molar-refractivity contribution in [2.45, 2.75) is 59.8 Å². The molecule has 0 aromatic heterocycles. The van der Waals surface area contributed by atoms with Crippen molar-refractivity contribution in [1.29, 1.82) is 0 Å². The largest absolute Gasteiger partial charge is 0.0744 e. The molecule has 70 valence electrons. The highest BCUT2D eigenvalue weighted by Gasteiger charge is 2.24. The van der Waals surface area contributed by atoms with Gasteiger partial charge in [0.1, 0.15) is 0 Å². The van der Waals surface area contributed by atoms with Gasteiger partial charge < -0.3 is 0 Å². The molecule has 0 aliphatic heterocycles. The van der Waals surface area contributed by atoms with Crippen molar-refractivity contribution in [1.82, 2.24) is 0 Å². The summed E-state index contributed by atoms with van der Waals surface area (Å²) in [6, 6.07) is 0. The second-order valence-electron chi connectivity index (χ2n) is 4.93. The SMILES string of the molecule is CC/C(C)=C1/CCCC(C)(C)C1. The highest BCUT2D eigenvalue weighted by Crippen LogP contribution is 2.39. The molecule has 1 aliphatic rings. The van der Waals surface area contributed by atoms with E-state index in [0.717, 1.165) is 0 Å². The van der Waals surface area contributed by atoms with E-state index < -0.39 is 0 Å². The zero-order chi connectivity index (χ0) is 9.19. The van der Waals surface area contributed by atoms with E-state index in [4.69, 9.17) is 0 Å². The van der Waals surface area contributed by atoms with Crippen LogP contribution in [0.1, 0.15) is 59.8 Å². The van der Waals surface area contributed by atoms with E-state index in [2.05, 4.69) is 27.7 Å². The van der Waals surface area contributed by atoms with Gasteiger partial charge >= 0.3 is 0 Å². The lowest BCUT2D eigenvalue weighted by molar-refractivity contribution is 0.287. The van der Waals surface area contributed by atoms with Gasteiger partial charge in [-0.15, -0.1) is 0 Å². The summed E-state index contributed by atoms with van der Waals surface area (Å²) in [5.41, 5.74) is 3.96. The van der Waals surface area contributed by atoms with Crippen molar-refractivity contribution in [3.63, 3.8) is 0 Å². The fourth-order valence-corrected chi connectivity index (χ4v) is 2.15. The summed E-state index contributed by atoms with van der Waals surface area (Å²) in [4.78, 5) is 0. The summed E-state index contributed by atoms with van der Waals surface area (Å²) in [7, 11) is 0. The van der Waals surface area contributed by atoms with Gasteiger partial charge in [0.25, 0.3) is 0 Å². The highest BCUT2D eigenvalue weighted by molar-refractivity contribution is 5.15. The van der Waals surface area contributed by atoms with E-state index in [1.807, 2.05) is 0 Å². The van der Waals surface area contributed by atoms with Gasteiger partial charge in [-0.05, 0) is 44.4 Å². The van der Waals surface area contributed by atoms with Crippen LogP contribution in [0.5, 0.6) is 0 Å². The molecule has 0 unspecified atom stereocenters. The summed E-state index contributed by atoms with van der Waals surface area (Å²) >= 11 is 0. The van der Waals surface area contributed by atoms with Crippen molar-refractivity contribution in [3.8, 4) is 0 Å². The molecule has 0 N–H and O–H groups in total. The van der Waals surface area contributed by atoms with Gasteiger partial charge in [-0.1, -0.05) is 31.9 Å². The molecule has 0 radical (unpaired) electrons. The standard InChI is InChI=1S/C12H22/c1-5-10(2)11-7-6-8-12(3,4)9-11/h5-9H2,1-4H3/b11-10-. The van der Waals surface area contributed by atoms with Crippen molar-refractivity contribution >= 4 is 0 Å². The van der Waals surface area contributed by atoms with Gasteiger partial charge in [-0.25, -0.2) is 0 Å². The minimum Gasteiger partial charge on any atom is -0.0744 e. The second kappa shape index (κ2) is 3.64. The normalized spacial score (nSPS) is 27.0. The molecule has 0 saturated heterocycles. The molecular weight excluding hydrogens is 144 g/mol. The molecule has 1 rings (SSSR count). The van der Waals surface area contributed by atoms with E-state index in [-0.39, 0.29) is 0 Å². The first-order valence-corrected chi connectivity index (χ1v) is 5.22. The van der Waals surface area contributed by atoms with Crippen molar-refractivity contribution in [2.24, 2.45) is 5.41 Å². The van der Waals surface area contributed by atoms with Crippen LogP contribution in [0.25, 0.3) is 0 Å². The molecule has 0 aromatic rings. The maximum absolute atomic E-state index is 2.40. The number of rotatable bonds is 1. The summed E-state index contributed by atoms with van der Waals surface area (Å²) in [5.74, 6) is 0. The number of hydrogen-bond acceptors (Lipinski definition) is 0. The quantitative estimate of drug-likeness (QED) is 0.509. The molecule has 0 atom stereocenters. The Hall–Kier alpha value is -0.260. The van der Waals surface area contributed by atoms with Crippen LogP contribution >= 0.6 is 0 Å². The zero-order valence-corrected chi connectivity index (χ0v) is 9.04. The molecule has 0 amide bonds. The Labute approximate surface area is 77.1 Å². The minimum absolute atomic E-state index is 0.573. The second-order valence-corrected chi connectivity index (χ2v) is 4.93. The predicted octanol–water partition coefficient (Wildman–Crippen LogP) is 4.31. The Morgan fingerprint density at radius 2 is 2.08 bits per heavy atom. The Morgan fingerprint density at radius 1 is 1.42 bits per heavy atom. The molecular formula is C12H22. The average Bonchev–Trinajstić information content (AvgIpc) is 2.01. The fraction of sp³-hybridized carbons (Fsp3) is 0.833. The van der Waals surface area contributed by atoms with E-state index >= 15 is 0 Å². The van der Waals surface area contributed by atoms with Crippen molar-refractivity contribution in [3.05, 3.63) is 11.1 Å². The third-order valence-corrected chi connectivity index (χ3v) is 3.16. The average molecular weight is 166 g/mol. The lowest BCUT2D eigenvalue weighted by atomic mass is 9.74. The molecule has 0 bridgehead atoms. The van der Waals surface area contributed by atoms with E-state index in [1.165, 1.54) is 32.1 Å². The molecule has 1 fully saturated rings. The Bertz CT molecular complexity index is 184. The maximum Gasteiger partial charge on any atom is -0.0266 e. The van der Waals surface area contributed by atoms with E-state index in [1.54, 1.807) is 11.1 Å². The predicted molar refractivity (Wildman–Crippen MR) is 55.2 cm³/mol. The molecule has 1 aliphatic carbocycles. The molecule has 12 heavy (non-hydrogen) atoms. The molecule has 0 nitrogen and oxygen atoms in total. The number of allylic oxidation sites excluding steroid dienone is 2. The topological polar surface area (TPSA) is 0 Å². The van der Waals surface area contributed by atoms with Crippen LogP contribution in [0, 0.1) is 5.41 Å². The zero-order valence-electron chi connectivity index (χ0n) is 9.04. The van der Waals surface area contributed by atoms with Crippen molar-refractivity contribution < 1.29 is 0 Å². The Morgan fingerprint density at radius 3 is 2.58 bits per heavy atom. The van der Waals surface area contributed by atoms with Gasteiger partial charge in [0.2, 0.25) is 0 Å². The van der Waals surface area contributed by atoms with E-state index in [9.17, 15) is 0 Å². The summed E-state index contributed by atoms with van der Waals surface area (Å²) in [6.07, 6.45) is 6.76. The van der Waals surface area contributed by atoms with Gasteiger partial charge in [0, 0.05) is 0 Å². The summed E-state index contributed by atoms with van der Waals surface area (Å²) in [6.45, 7) is 9.37. The van der Waals surface area contributed by atoms with Crippen LogP contribution < -0.4 is 0 Å². The Balaban J connectivity index is 2.69. The molecule has 0 heterocycles. The highest BCUT2D eigenvalue weighted by atomic mass is 14.3. The third kappa shape index (κ3) is 2.36. The van der Waals surface area contributed by atoms with Gasteiger partial charge in [-0.3, -0.25) is 0 Å². The molecule has 0 aromatic carbocycles. The molecule has 1 saturated carbocycles. The lowest BCUT2D eigenvalue weighted by Gasteiger charge is -2.32. The minimum atomic E-state index is 0.573. The first kappa shape index (κ1) is 9.83. The van der Waals surface area contributed by atoms with Gasteiger partial charge in [-0.2, -0.15) is 0 Å². The van der Waals surface area contributed by atoms with Gasteiger partial charge in [0.05, 0.1) is 0 Å². The van der Waals surface area contributed by atoms with Crippen LogP contribution in [0.2, 0.25) is 0 Å². The van der Waals surface area contributed by atoms with Crippen molar-refractivity contribution in [2.75, 3.05) is 0 Å². The van der Waals surface area contributed by atoms with Gasteiger partial charge in [0.15, 0.2) is 0 Å². The van der Waals surface area contributed by atoms with Crippen LogP contribution in [0.3, 0.4) is 0 Å². The lowest BCUT2D eigenvalue weighted by Crippen LogP contribution is -2.17. The fourth-order valence-electron chi connectivity index (χ4n) is 2.15. The molecule has 0 heteroatoms. The smallest absolute Gasteiger partial charge is 0.0266 e. The first-order chi connectivity index (χ1) is 5.55. The molecule has 0 spiro atoms. The summed E-state index contributed by atoms with van der Waals surface area (Å²) in [5, 5.41) is 0. The van der Waals surface area contributed by atoms with E-state index in [0.29, 0.717) is 5.41 Å². The number of hydrogen-bond donors (Lipinski definition) is 0. The first-order valence-electron chi connectivity index (χ1n) is 5.22. The van der Waals surface area contributed by atoms with Crippen LogP contribution in [0.15, 0.2) is 11.1 Å². The monoisotopic (exact) mass is 166 g/mol. The Kier molecular flexibility index (Phi) is 2.98. The third-order valence-electron chi connectivity index (χ3n) is 3.16. The van der Waals surface area contributed by atoms with Crippen LogP contribution in [-0.4, -0.2) is 0 Å². The van der Waals surface area contributed by atoms with Crippen LogP contribution in [0.4, 0.5) is 0 Å². The van der Waals surface area contributed by atoms with Crippen LogP contribution in [-0.2, 0) is 0 Å². The maximum atomic E-state index is 2.40. The summed E-state index contributed by atoms with van der Waals surface area (Å²) < 4.78 is 0.